The maximum absolute atomic E-state index is 12.9. The number of methoxy groups -OCH3 is 2. The van der Waals surface area contributed by atoms with Gasteiger partial charge in [0, 0.05) is 24.0 Å². The van der Waals surface area contributed by atoms with Crippen molar-refractivity contribution in [2.75, 3.05) is 19.5 Å². The lowest BCUT2D eigenvalue weighted by Crippen LogP contribution is -2.22. The second-order valence-electron chi connectivity index (χ2n) is 5.96. The number of benzene rings is 2. The van der Waals surface area contributed by atoms with Crippen LogP contribution in [-0.2, 0) is 6.54 Å². The molecular weight excluding hydrogens is 502 g/mol. The van der Waals surface area contributed by atoms with Gasteiger partial charge in [0.05, 0.1) is 20.8 Å². The normalized spacial score (nSPS) is 10.7. The lowest BCUT2D eigenvalue weighted by atomic mass is 10.2. The van der Waals surface area contributed by atoms with Gasteiger partial charge in [0.2, 0.25) is 5.88 Å². The number of nitrogens with one attached hydrogen (secondary N) is 1. The first-order chi connectivity index (χ1) is 14.1. The first-order valence-electron chi connectivity index (χ1n) is 8.74. The van der Waals surface area contributed by atoms with Crippen LogP contribution in [0, 0.1) is 5.82 Å². The van der Waals surface area contributed by atoms with Crippen LogP contribution in [-0.4, -0.2) is 25.2 Å². The summed E-state index contributed by atoms with van der Waals surface area (Å²) in [7, 11) is 3.14. The second-order valence-corrected chi connectivity index (χ2v) is 5.96. The number of hydrogen-bond acceptors (Lipinski definition) is 5. The Morgan fingerprint density at radius 3 is 2.40 bits per heavy atom. The van der Waals surface area contributed by atoms with Gasteiger partial charge in [0.15, 0.2) is 17.5 Å². The topological polar surface area (TPSA) is 91.0 Å². The van der Waals surface area contributed by atoms with Crippen LogP contribution in [0.15, 0.2) is 65.8 Å². The molecule has 3 aromatic rings. The van der Waals surface area contributed by atoms with Crippen molar-refractivity contribution in [3.05, 3.63) is 72.2 Å². The number of ether oxygens (including phenoxy) is 3. The van der Waals surface area contributed by atoms with Gasteiger partial charge in [0.25, 0.3) is 0 Å². The van der Waals surface area contributed by atoms with Gasteiger partial charge in [-0.3, -0.25) is 0 Å². The predicted octanol–water partition coefficient (Wildman–Crippen LogP) is 4.58. The van der Waals surface area contributed by atoms with Gasteiger partial charge in [0.1, 0.15) is 11.6 Å². The molecule has 0 atom stereocenters. The van der Waals surface area contributed by atoms with E-state index < -0.39 is 0 Å². The molecule has 0 spiro atoms. The Morgan fingerprint density at radius 1 is 1.03 bits per heavy atom. The Balaban J connectivity index is 0.00000320. The maximum Gasteiger partial charge on any atom is 0.219 e. The third kappa shape index (κ3) is 6.48. The molecule has 7 nitrogen and oxygen atoms in total. The van der Waals surface area contributed by atoms with Crippen molar-refractivity contribution in [2.24, 2.45) is 10.7 Å². The lowest BCUT2D eigenvalue weighted by Gasteiger charge is -2.11. The van der Waals surface area contributed by atoms with E-state index >= 15 is 0 Å². The number of hydrogen-bond donors (Lipinski definition) is 2. The van der Waals surface area contributed by atoms with Crippen molar-refractivity contribution in [2.45, 2.75) is 6.54 Å². The molecule has 9 heteroatoms. The number of nitrogens with zero attached hydrogens (tertiary/aromatic N) is 2. The van der Waals surface area contributed by atoms with Gasteiger partial charge in [-0.1, -0.05) is 6.07 Å². The average Bonchev–Trinajstić information content (AvgIpc) is 2.74. The summed E-state index contributed by atoms with van der Waals surface area (Å²) in [5.74, 6) is 2.06. The first-order valence-corrected chi connectivity index (χ1v) is 8.74. The molecule has 0 aliphatic heterocycles. The van der Waals surface area contributed by atoms with E-state index in [-0.39, 0.29) is 35.8 Å². The van der Waals surface area contributed by atoms with Crippen molar-refractivity contribution in [3.63, 3.8) is 0 Å². The standard InChI is InChI=1S/C21H21FN4O3.HI/c1-27-18-9-6-16(11-19(18)28-2)26-21(23)25-13-14-3-10-20(24-12-14)29-17-7-4-15(22)5-8-17;/h3-12H,13H2,1-2H3,(H3,23,25,26);1H. The summed E-state index contributed by atoms with van der Waals surface area (Å²) in [5.41, 5.74) is 7.53. The number of rotatable bonds is 7. The molecule has 0 saturated heterocycles. The Labute approximate surface area is 191 Å². The smallest absolute Gasteiger partial charge is 0.219 e. The van der Waals surface area contributed by atoms with E-state index in [0.29, 0.717) is 29.7 Å². The molecular formula is C21H22FIN4O3. The lowest BCUT2D eigenvalue weighted by molar-refractivity contribution is 0.355. The quantitative estimate of drug-likeness (QED) is 0.267. The molecule has 158 valence electrons. The molecule has 0 aliphatic carbocycles. The molecule has 1 heterocycles. The summed E-state index contributed by atoms with van der Waals surface area (Å²) in [4.78, 5) is 8.52. The molecule has 0 unspecified atom stereocenters. The van der Waals surface area contributed by atoms with Crippen LogP contribution in [0.25, 0.3) is 0 Å². The average molecular weight is 524 g/mol. The van der Waals surface area contributed by atoms with E-state index in [1.54, 1.807) is 38.6 Å². The van der Waals surface area contributed by atoms with Gasteiger partial charge in [-0.25, -0.2) is 14.4 Å². The highest BCUT2D eigenvalue weighted by atomic mass is 127. The summed E-state index contributed by atoms with van der Waals surface area (Å²) in [6.07, 6.45) is 1.64. The van der Waals surface area contributed by atoms with Gasteiger partial charge in [-0.2, -0.15) is 0 Å². The SMILES string of the molecule is COc1ccc(NC(N)=NCc2ccc(Oc3ccc(F)cc3)nc2)cc1OC.I. The van der Waals surface area contributed by atoms with Gasteiger partial charge < -0.3 is 25.3 Å². The van der Waals surface area contributed by atoms with Gasteiger partial charge in [-0.15, -0.1) is 24.0 Å². The van der Waals surface area contributed by atoms with E-state index in [2.05, 4.69) is 15.3 Å². The monoisotopic (exact) mass is 524 g/mol. The number of aromatic nitrogens is 1. The highest BCUT2D eigenvalue weighted by Gasteiger charge is 2.05. The number of nitrogens with two attached hydrogens (primary N) is 1. The minimum atomic E-state index is -0.321. The molecule has 1 aromatic heterocycles. The van der Waals surface area contributed by atoms with Crippen LogP contribution >= 0.6 is 24.0 Å². The largest absolute Gasteiger partial charge is 0.493 e. The van der Waals surface area contributed by atoms with E-state index in [1.807, 2.05) is 12.1 Å². The molecule has 3 N–H and O–H groups in total. The summed E-state index contributed by atoms with van der Waals surface area (Å²) >= 11 is 0. The summed E-state index contributed by atoms with van der Waals surface area (Å²) in [5, 5.41) is 3.00. The highest BCUT2D eigenvalue weighted by molar-refractivity contribution is 14.0. The molecule has 0 amide bonds. The van der Waals surface area contributed by atoms with E-state index in [9.17, 15) is 4.39 Å². The predicted molar refractivity (Wildman–Crippen MR) is 125 cm³/mol. The zero-order chi connectivity index (χ0) is 20.6. The molecule has 30 heavy (non-hydrogen) atoms. The molecule has 0 fully saturated rings. The van der Waals surface area contributed by atoms with Crippen LogP contribution in [0.3, 0.4) is 0 Å². The van der Waals surface area contributed by atoms with Gasteiger partial charge in [-0.05, 0) is 42.0 Å². The fourth-order valence-electron chi connectivity index (χ4n) is 2.47. The van der Waals surface area contributed by atoms with Crippen molar-refractivity contribution in [1.82, 2.24) is 4.98 Å². The van der Waals surface area contributed by atoms with Crippen molar-refractivity contribution < 1.29 is 18.6 Å². The molecule has 2 aromatic carbocycles. The van der Waals surface area contributed by atoms with Crippen LogP contribution in [0.5, 0.6) is 23.1 Å². The van der Waals surface area contributed by atoms with E-state index in [4.69, 9.17) is 19.9 Å². The number of pyridine rings is 1. The molecule has 0 radical (unpaired) electrons. The number of aliphatic imine (C=N–C) groups is 1. The summed E-state index contributed by atoms with van der Waals surface area (Å²) < 4.78 is 29.0. The zero-order valence-electron chi connectivity index (χ0n) is 16.5. The second kappa shape index (κ2) is 11.2. The highest BCUT2D eigenvalue weighted by Crippen LogP contribution is 2.29. The Bertz CT molecular complexity index is 983. The Hall–Kier alpha value is -3.08. The van der Waals surface area contributed by atoms with Crippen molar-refractivity contribution >= 4 is 35.6 Å². The molecule has 0 saturated carbocycles. The van der Waals surface area contributed by atoms with E-state index in [0.717, 1.165) is 11.3 Å². The number of anilines is 1. The number of guanidine groups is 1. The fraction of sp³-hybridized carbons (Fsp3) is 0.143. The van der Waals surface area contributed by atoms with Crippen LogP contribution in [0.4, 0.5) is 10.1 Å². The van der Waals surface area contributed by atoms with Crippen molar-refractivity contribution in [1.29, 1.82) is 0 Å². The van der Waals surface area contributed by atoms with Gasteiger partial charge >= 0.3 is 0 Å². The van der Waals surface area contributed by atoms with Crippen LogP contribution in [0.1, 0.15) is 5.56 Å². The summed E-state index contributed by atoms with van der Waals surface area (Å²) in [6.45, 7) is 0.343. The Kier molecular flexibility index (Phi) is 8.66. The van der Waals surface area contributed by atoms with Crippen molar-refractivity contribution in [3.8, 4) is 23.1 Å². The number of halogens is 2. The molecule has 3 rings (SSSR count). The minimum Gasteiger partial charge on any atom is -0.493 e. The van der Waals surface area contributed by atoms with Crippen LogP contribution in [0.2, 0.25) is 0 Å². The van der Waals surface area contributed by atoms with E-state index in [1.165, 1.54) is 24.3 Å². The molecule has 0 aliphatic rings. The minimum absolute atomic E-state index is 0. The van der Waals surface area contributed by atoms with Crippen LogP contribution < -0.4 is 25.3 Å². The third-order valence-corrected chi connectivity index (χ3v) is 3.92. The maximum atomic E-state index is 12.9. The summed E-state index contributed by atoms with van der Waals surface area (Å²) in [6, 6.07) is 14.6. The molecule has 0 bridgehead atoms. The first kappa shape index (κ1) is 23.2. The Morgan fingerprint density at radius 2 is 1.77 bits per heavy atom. The fourth-order valence-corrected chi connectivity index (χ4v) is 2.47. The third-order valence-electron chi connectivity index (χ3n) is 3.92. The zero-order valence-corrected chi connectivity index (χ0v) is 18.8.